The first-order valence-corrected chi connectivity index (χ1v) is 7.82. The van der Waals surface area contributed by atoms with Crippen molar-refractivity contribution in [3.05, 3.63) is 23.8 Å². The van der Waals surface area contributed by atoms with E-state index in [1.165, 1.54) is 31.2 Å². The van der Waals surface area contributed by atoms with Crippen LogP contribution in [-0.2, 0) is 0 Å². The molecule has 0 aromatic heterocycles. The Labute approximate surface area is 119 Å². The minimum atomic E-state index is 0.143. The predicted molar refractivity (Wildman–Crippen MR) is 75.0 cm³/mol. The molecule has 3 unspecified atom stereocenters. The van der Waals surface area contributed by atoms with E-state index in [1.54, 1.807) is 0 Å². The number of fused-ring (bicyclic) bond motifs is 2. The van der Waals surface area contributed by atoms with Gasteiger partial charge in [-0.05, 0) is 48.3 Å². The van der Waals surface area contributed by atoms with E-state index in [9.17, 15) is 0 Å². The van der Waals surface area contributed by atoms with Crippen LogP contribution in [0.2, 0.25) is 0 Å². The number of halogens is 1. The standard InChI is InChI=1S/C16H19ClO2/c17-16(15-11-3-1-2-4-12(11)15)10-5-6-13-14(9-10)19-8-7-18-13/h5-6,9,11-12,15-16H,1-4,7-8H2. The molecule has 1 aromatic carbocycles. The SMILES string of the molecule is ClC(c1ccc2c(c1)OCCO2)C1C2CCCCC21. The molecule has 0 bridgehead atoms. The highest BCUT2D eigenvalue weighted by Gasteiger charge is 2.54. The molecule has 0 saturated heterocycles. The summed E-state index contributed by atoms with van der Waals surface area (Å²) >= 11 is 6.72. The van der Waals surface area contributed by atoms with Crippen molar-refractivity contribution >= 4 is 11.6 Å². The first-order valence-electron chi connectivity index (χ1n) is 7.38. The molecule has 1 aromatic rings. The molecule has 4 rings (SSSR count). The summed E-state index contributed by atoms with van der Waals surface area (Å²) in [7, 11) is 0. The van der Waals surface area contributed by atoms with Crippen LogP contribution < -0.4 is 9.47 Å². The van der Waals surface area contributed by atoms with Gasteiger partial charge in [0.2, 0.25) is 0 Å². The Morgan fingerprint density at radius 3 is 2.42 bits per heavy atom. The first-order chi connectivity index (χ1) is 9.34. The summed E-state index contributed by atoms with van der Waals surface area (Å²) in [5.74, 6) is 4.16. The minimum absolute atomic E-state index is 0.143. The van der Waals surface area contributed by atoms with Crippen molar-refractivity contribution in [1.29, 1.82) is 0 Å². The summed E-state index contributed by atoms with van der Waals surface area (Å²) in [5, 5.41) is 0.143. The number of hydrogen-bond donors (Lipinski definition) is 0. The van der Waals surface area contributed by atoms with Crippen molar-refractivity contribution < 1.29 is 9.47 Å². The fourth-order valence-corrected chi connectivity index (χ4v) is 4.44. The normalized spacial score (nSPS) is 33.4. The molecular weight excluding hydrogens is 260 g/mol. The number of ether oxygens (including phenoxy) is 2. The molecule has 1 aliphatic heterocycles. The third-order valence-electron chi connectivity index (χ3n) is 4.95. The van der Waals surface area contributed by atoms with Crippen LogP contribution in [0.25, 0.3) is 0 Å². The van der Waals surface area contributed by atoms with Crippen LogP contribution in [0.5, 0.6) is 11.5 Å². The first kappa shape index (κ1) is 11.9. The number of hydrogen-bond acceptors (Lipinski definition) is 2. The molecule has 2 aliphatic carbocycles. The maximum atomic E-state index is 6.72. The van der Waals surface area contributed by atoms with Gasteiger partial charge >= 0.3 is 0 Å². The molecule has 0 amide bonds. The molecule has 3 heteroatoms. The monoisotopic (exact) mass is 278 g/mol. The zero-order chi connectivity index (χ0) is 12.8. The number of rotatable bonds is 2. The van der Waals surface area contributed by atoms with Crippen molar-refractivity contribution in [2.75, 3.05) is 13.2 Å². The van der Waals surface area contributed by atoms with Crippen LogP contribution in [0.4, 0.5) is 0 Å². The summed E-state index contributed by atoms with van der Waals surface area (Å²) in [6.45, 7) is 1.28. The smallest absolute Gasteiger partial charge is 0.161 e. The van der Waals surface area contributed by atoms with Gasteiger partial charge in [0.25, 0.3) is 0 Å². The fourth-order valence-electron chi connectivity index (χ4n) is 3.94. The lowest BCUT2D eigenvalue weighted by Gasteiger charge is -2.20. The Kier molecular flexibility index (Phi) is 2.87. The Hall–Kier alpha value is -0.890. The highest BCUT2D eigenvalue weighted by atomic mass is 35.5. The van der Waals surface area contributed by atoms with Crippen molar-refractivity contribution in [3.8, 4) is 11.5 Å². The summed E-state index contributed by atoms with van der Waals surface area (Å²) < 4.78 is 11.2. The van der Waals surface area contributed by atoms with E-state index in [0.29, 0.717) is 19.1 Å². The molecule has 2 saturated carbocycles. The van der Waals surface area contributed by atoms with Gasteiger partial charge in [-0.2, -0.15) is 0 Å². The summed E-state index contributed by atoms with van der Waals surface area (Å²) in [5.41, 5.74) is 1.20. The molecule has 3 atom stereocenters. The summed E-state index contributed by atoms with van der Waals surface area (Å²) in [6, 6.07) is 6.19. The minimum Gasteiger partial charge on any atom is -0.486 e. The van der Waals surface area contributed by atoms with E-state index in [1.807, 2.05) is 6.07 Å². The van der Waals surface area contributed by atoms with Gasteiger partial charge in [0.1, 0.15) is 13.2 Å². The number of alkyl halides is 1. The van der Waals surface area contributed by atoms with Crippen molar-refractivity contribution in [2.45, 2.75) is 31.1 Å². The molecule has 0 N–H and O–H groups in total. The average Bonchev–Trinajstić information content (AvgIpc) is 3.20. The molecule has 2 nitrogen and oxygen atoms in total. The van der Waals surface area contributed by atoms with E-state index < -0.39 is 0 Å². The molecule has 1 heterocycles. The quantitative estimate of drug-likeness (QED) is 0.756. The summed E-state index contributed by atoms with van der Waals surface area (Å²) in [6.07, 6.45) is 5.54. The van der Waals surface area contributed by atoms with E-state index in [0.717, 1.165) is 23.3 Å². The molecule has 0 radical (unpaired) electrons. The molecule has 102 valence electrons. The van der Waals surface area contributed by atoms with Crippen LogP contribution in [0.15, 0.2) is 18.2 Å². The van der Waals surface area contributed by atoms with E-state index in [2.05, 4.69) is 12.1 Å². The summed E-state index contributed by atoms with van der Waals surface area (Å²) in [4.78, 5) is 0. The Bertz CT molecular complexity index is 476. The van der Waals surface area contributed by atoms with Crippen molar-refractivity contribution in [3.63, 3.8) is 0 Å². The maximum Gasteiger partial charge on any atom is 0.161 e. The van der Waals surface area contributed by atoms with Gasteiger partial charge in [0.05, 0.1) is 5.38 Å². The largest absolute Gasteiger partial charge is 0.486 e. The van der Waals surface area contributed by atoms with Crippen LogP contribution >= 0.6 is 11.6 Å². The van der Waals surface area contributed by atoms with Gasteiger partial charge in [-0.3, -0.25) is 0 Å². The van der Waals surface area contributed by atoms with Gasteiger partial charge in [-0.1, -0.05) is 18.9 Å². The third-order valence-corrected chi connectivity index (χ3v) is 5.49. The van der Waals surface area contributed by atoms with Crippen molar-refractivity contribution in [1.82, 2.24) is 0 Å². The maximum absolute atomic E-state index is 6.72. The van der Waals surface area contributed by atoms with Crippen LogP contribution in [0, 0.1) is 17.8 Å². The van der Waals surface area contributed by atoms with E-state index in [4.69, 9.17) is 21.1 Å². The Morgan fingerprint density at radius 2 is 1.68 bits per heavy atom. The zero-order valence-corrected chi connectivity index (χ0v) is 11.7. The van der Waals surface area contributed by atoms with Gasteiger partial charge in [-0.15, -0.1) is 11.6 Å². The van der Waals surface area contributed by atoms with Crippen molar-refractivity contribution in [2.24, 2.45) is 17.8 Å². The predicted octanol–water partition coefficient (Wildman–Crippen LogP) is 4.17. The Morgan fingerprint density at radius 1 is 1.00 bits per heavy atom. The lowest BCUT2D eigenvalue weighted by molar-refractivity contribution is 0.171. The molecule has 2 fully saturated rings. The third kappa shape index (κ3) is 2.01. The molecule has 0 spiro atoms. The second kappa shape index (κ2) is 4.59. The van der Waals surface area contributed by atoms with Crippen LogP contribution in [-0.4, -0.2) is 13.2 Å². The second-order valence-corrected chi connectivity index (χ2v) is 6.46. The highest BCUT2D eigenvalue weighted by molar-refractivity contribution is 6.21. The molecule has 3 aliphatic rings. The van der Waals surface area contributed by atoms with Gasteiger partial charge in [0, 0.05) is 0 Å². The van der Waals surface area contributed by atoms with Gasteiger partial charge in [0.15, 0.2) is 11.5 Å². The van der Waals surface area contributed by atoms with Crippen LogP contribution in [0.3, 0.4) is 0 Å². The average molecular weight is 279 g/mol. The zero-order valence-electron chi connectivity index (χ0n) is 11.0. The molecule has 19 heavy (non-hydrogen) atoms. The Balaban J connectivity index is 1.55. The topological polar surface area (TPSA) is 18.5 Å². The number of benzene rings is 1. The van der Waals surface area contributed by atoms with Gasteiger partial charge in [-0.25, -0.2) is 0 Å². The van der Waals surface area contributed by atoms with E-state index >= 15 is 0 Å². The highest BCUT2D eigenvalue weighted by Crippen LogP contribution is 2.62. The fraction of sp³-hybridized carbons (Fsp3) is 0.625. The van der Waals surface area contributed by atoms with Crippen LogP contribution in [0.1, 0.15) is 36.6 Å². The van der Waals surface area contributed by atoms with E-state index in [-0.39, 0.29) is 5.38 Å². The lowest BCUT2D eigenvalue weighted by atomic mass is 10.0. The van der Waals surface area contributed by atoms with Gasteiger partial charge < -0.3 is 9.47 Å². The second-order valence-electron chi connectivity index (χ2n) is 5.99. The lowest BCUT2D eigenvalue weighted by Crippen LogP contribution is -2.15. The molecular formula is C16H19ClO2.